The van der Waals surface area contributed by atoms with E-state index in [9.17, 15) is 0 Å². The molecule has 1 aromatic rings. The zero-order valence-electron chi connectivity index (χ0n) is 8.65. The molecule has 0 bridgehead atoms. The molecule has 0 saturated carbocycles. The number of hydrogen-bond donors (Lipinski definition) is 0. The lowest BCUT2D eigenvalue weighted by atomic mass is 10.1. The highest BCUT2D eigenvalue weighted by Gasteiger charge is 2.13. The van der Waals surface area contributed by atoms with E-state index in [0.29, 0.717) is 0 Å². The molecule has 0 N–H and O–H groups in total. The lowest BCUT2D eigenvalue weighted by molar-refractivity contribution is 0.634. The molecule has 1 aromatic carbocycles. The van der Waals surface area contributed by atoms with Gasteiger partial charge in [0.25, 0.3) is 0 Å². The first-order valence-corrected chi connectivity index (χ1v) is 4.44. The van der Waals surface area contributed by atoms with Crippen molar-refractivity contribution in [3.63, 3.8) is 0 Å². The van der Waals surface area contributed by atoms with Crippen molar-refractivity contribution in [2.75, 3.05) is 0 Å². The Balaban J connectivity index is 2.80. The smallest absolute Gasteiger partial charge is 0.162 e. The van der Waals surface area contributed by atoms with E-state index >= 15 is 0 Å². The molecule has 0 aliphatic heterocycles. The van der Waals surface area contributed by atoms with Crippen LogP contribution in [0, 0.1) is 18.3 Å². The predicted octanol–water partition coefficient (Wildman–Crippen LogP) is 3.38. The molecule has 3 heteroatoms. The molecule has 0 unspecified atom stereocenters. The Bertz CT molecular complexity index is 369. The Morgan fingerprint density at radius 1 is 1.21 bits per heavy atom. The predicted molar refractivity (Wildman–Crippen MR) is 55.4 cm³/mol. The van der Waals surface area contributed by atoms with E-state index in [4.69, 9.17) is 5.26 Å². The summed E-state index contributed by atoms with van der Waals surface area (Å²) in [6.45, 7) is 5.47. The van der Waals surface area contributed by atoms with E-state index in [1.807, 2.05) is 31.2 Å². The van der Waals surface area contributed by atoms with Crippen LogP contribution < -0.4 is 0 Å². The fourth-order valence-electron chi connectivity index (χ4n) is 0.817. The maximum absolute atomic E-state index is 8.71. The van der Waals surface area contributed by atoms with Crippen LogP contribution in [0.2, 0.25) is 0 Å². The van der Waals surface area contributed by atoms with Gasteiger partial charge in [0.2, 0.25) is 0 Å². The normalized spacial score (nSPS) is 11.6. The summed E-state index contributed by atoms with van der Waals surface area (Å²) in [7, 11) is 0. The van der Waals surface area contributed by atoms with Gasteiger partial charge in [0.05, 0.1) is 11.8 Å². The standard InChI is InChI=1S/C11H13N3/c1-9-4-6-10(7-5-9)13-14-11(2,3)8-12/h4-7H,1-3H3. The second-order valence-electron chi connectivity index (χ2n) is 3.71. The van der Waals surface area contributed by atoms with Crippen molar-refractivity contribution in [3.8, 4) is 6.07 Å². The summed E-state index contributed by atoms with van der Waals surface area (Å²) >= 11 is 0. The van der Waals surface area contributed by atoms with Crippen molar-refractivity contribution in [2.24, 2.45) is 10.2 Å². The van der Waals surface area contributed by atoms with Gasteiger partial charge in [0.1, 0.15) is 0 Å². The largest absolute Gasteiger partial charge is 0.196 e. The van der Waals surface area contributed by atoms with Crippen LogP contribution in [-0.4, -0.2) is 5.54 Å². The number of nitrogens with zero attached hydrogens (tertiary/aromatic N) is 3. The van der Waals surface area contributed by atoms with E-state index in [1.165, 1.54) is 5.56 Å². The number of rotatable bonds is 2. The number of hydrogen-bond acceptors (Lipinski definition) is 3. The second kappa shape index (κ2) is 4.01. The molecule has 0 fully saturated rings. The summed E-state index contributed by atoms with van der Waals surface area (Å²) in [6, 6.07) is 9.76. The molecule has 1 rings (SSSR count). The highest BCUT2D eigenvalue weighted by Crippen LogP contribution is 2.16. The Morgan fingerprint density at radius 2 is 1.79 bits per heavy atom. The molecule has 0 spiro atoms. The van der Waals surface area contributed by atoms with Crippen LogP contribution >= 0.6 is 0 Å². The summed E-state index contributed by atoms with van der Waals surface area (Å²) < 4.78 is 0. The molecule has 0 saturated heterocycles. The molecule has 0 atom stereocenters. The summed E-state index contributed by atoms with van der Waals surface area (Å²) in [5.74, 6) is 0. The van der Waals surface area contributed by atoms with Crippen LogP contribution in [-0.2, 0) is 0 Å². The highest BCUT2D eigenvalue weighted by molar-refractivity contribution is 5.37. The lowest BCUT2D eigenvalue weighted by Gasteiger charge is -2.05. The Labute approximate surface area is 84.1 Å². The summed E-state index contributed by atoms with van der Waals surface area (Å²) in [6.07, 6.45) is 0. The van der Waals surface area contributed by atoms with E-state index in [-0.39, 0.29) is 0 Å². The molecule has 14 heavy (non-hydrogen) atoms. The van der Waals surface area contributed by atoms with Crippen molar-refractivity contribution in [1.29, 1.82) is 5.26 Å². The van der Waals surface area contributed by atoms with E-state index in [2.05, 4.69) is 16.3 Å². The van der Waals surface area contributed by atoms with E-state index < -0.39 is 5.54 Å². The van der Waals surface area contributed by atoms with Crippen molar-refractivity contribution in [1.82, 2.24) is 0 Å². The maximum atomic E-state index is 8.71. The van der Waals surface area contributed by atoms with Gasteiger partial charge < -0.3 is 0 Å². The molecular formula is C11H13N3. The highest BCUT2D eigenvalue weighted by atomic mass is 15.1. The minimum absolute atomic E-state index is 0.745. The number of nitriles is 1. The van der Waals surface area contributed by atoms with Crippen molar-refractivity contribution in [2.45, 2.75) is 26.3 Å². The zero-order chi connectivity index (χ0) is 10.6. The molecular weight excluding hydrogens is 174 g/mol. The Kier molecular flexibility index (Phi) is 2.98. The number of aryl methyl sites for hydroxylation is 1. The minimum atomic E-state index is -0.745. The first-order chi connectivity index (χ1) is 6.53. The third-order valence-electron chi connectivity index (χ3n) is 1.72. The third kappa shape index (κ3) is 2.98. The monoisotopic (exact) mass is 187 g/mol. The van der Waals surface area contributed by atoms with Crippen LogP contribution in [0.3, 0.4) is 0 Å². The first-order valence-electron chi connectivity index (χ1n) is 4.44. The fourth-order valence-corrected chi connectivity index (χ4v) is 0.817. The molecule has 0 amide bonds. The van der Waals surface area contributed by atoms with Gasteiger partial charge in [-0.05, 0) is 32.9 Å². The van der Waals surface area contributed by atoms with Gasteiger partial charge in [0, 0.05) is 0 Å². The van der Waals surface area contributed by atoms with Crippen molar-refractivity contribution < 1.29 is 0 Å². The quantitative estimate of drug-likeness (QED) is 0.654. The average molecular weight is 187 g/mol. The lowest BCUT2D eigenvalue weighted by Crippen LogP contribution is -2.10. The molecule has 0 radical (unpaired) electrons. The van der Waals surface area contributed by atoms with Gasteiger partial charge in [-0.1, -0.05) is 17.7 Å². The first kappa shape index (κ1) is 10.4. The molecule has 0 aliphatic carbocycles. The van der Waals surface area contributed by atoms with Crippen LogP contribution in [0.25, 0.3) is 0 Å². The van der Waals surface area contributed by atoms with Crippen LogP contribution in [0.5, 0.6) is 0 Å². The minimum Gasteiger partial charge on any atom is -0.196 e. The van der Waals surface area contributed by atoms with Gasteiger partial charge in [-0.15, -0.1) is 0 Å². The SMILES string of the molecule is Cc1ccc(N=NC(C)(C)C#N)cc1. The third-order valence-corrected chi connectivity index (χ3v) is 1.72. The molecule has 0 aromatic heterocycles. The summed E-state index contributed by atoms with van der Waals surface area (Å²) in [5, 5.41) is 16.6. The second-order valence-corrected chi connectivity index (χ2v) is 3.71. The van der Waals surface area contributed by atoms with Gasteiger partial charge in [0.15, 0.2) is 5.54 Å². The maximum Gasteiger partial charge on any atom is 0.162 e. The molecule has 3 nitrogen and oxygen atoms in total. The van der Waals surface area contributed by atoms with Crippen LogP contribution in [0.1, 0.15) is 19.4 Å². The summed E-state index contributed by atoms with van der Waals surface area (Å²) in [4.78, 5) is 0. The Hall–Kier alpha value is -1.69. The van der Waals surface area contributed by atoms with Gasteiger partial charge in [-0.2, -0.15) is 15.5 Å². The molecule has 0 aliphatic rings. The van der Waals surface area contributed by atoms with Crippen molar-refractivity contribution >= 4 is 5.69 Å². The Morgan fingerprint density at radius 3 is 2.29 bits per heavy atom. The molecule has 72 valence electrons. The fraction of sp³-hybridized carbons (Fsp3) is 0.364. The van der Waals surface area contributed by atoms with E-state index in [0.717, 1.165) is 5.69 Å². The van der Waals surface area contributed by atoms with Gasteiger partial charge >= 0.3 is 0 Å². The van der Waals surface area contributed by atoms with Crippen LogP contribution in [0.4, 0.5) is 5.69 Å². The van der Waals surface area contributed by atoms with Crippen LogP contribution in [0.15, 0.2) is 34.5 Å². The average Bonchev–Trinajstić information content (AvgIpc) is 2.17. The molecule has 0 heterocycles. The summed E-state index contributed by atoms with van der Waals surface area (Å²) in [5.41, 5.74) is 1.22. The van der Waals surface area contributed by atoms with Crippen molar-refractivity contribution in [3.05, 3.63) is 29.8 Å². The van der Waals surface area contributed by atoms with Gasteiger partial charge in [-0.25, -0.2) is 0 Å². The van der Waals surface area contributed by atoms with E-state index in [1.54, 1.807) is 13.8 Å². The van der Waals surface area contributed by atoms with Gasteiger partial charge in [-0.3, -0.25) is 0 Å². The zero-order valence-corrected chi connectivity index (χ0v) is 8.65. The number of benzene rings is 1. The number of azo groups is 1. The topological polar surface area (TPSA) is 48.5 Å².